The second-order valence-corrected chi connectivity index (χ2v) is 11.8. The van der Waals surface area contributed by atoms with E-state index >= 15 is 0 Å². The molecule has 35 heavy (non-hydrogen) atoms. The van der Waals surface area contributed by atoms with Gasteiger partial charge < -0.3 is 9.47 Å². The number of fused-ring (bicyclic) bond motifs is 3. The minimum atomic E-state index is -3.68. The van der Waals surface area contributed by atoms with Crippen molar-refractivity contribution in [3.05, 3.63) is 94.1 Å². The molecular weight excluding hydrogens is 480 g/mol. The van der Waals surface area contributed by atoms with E-state index in [1.807, 2.05) is 4.90 Å². The number of benzene rings is 3. The molecular formula is C28H25ClN2O3S. The summed E-state index contributed by atoms with van der Waals surface area (Å²) in [5, 5.41) is 1.79. The first-order chi connectivity index (χ1) is 16.8. The second-order valence-electron chi connectivity index (χ2n) is 9.42. The van der Waals surface area contributed by atoms with Crippen molar-refractivity contribution in [2.24, 2.45) is 0 Å². The van der Waals surface area contributed by atoms with Gasteiger partial charge in [0.2, 0.25) is 9.84 Å². The smallest absolute Gasteiger partial charge is 0.254 e. The number of rotatable bonds is 3. The topological polar surface area (TPSA) is 59.4 Å². The molecule has 5 nitrogen and oxygen atoms in total. The highest BCUT2D eigenvalue weighted by molar-refractivity contribution is 7.91. The largest absolute Gasteiger partial charge is 0.341 e. The van der Waals surface area contributed by atoms with Gasteiger partial charge in [-0.1, -0.05) is 23.2 Å². The summed E-state index contributed by atoms with van der Waals surface area (Å²) >= 11 is 5.90. The van der Waals surface area contributed by atoms with E-state index in [4.69, 9.17) is 11.6 Å². The van der Waals surface area contributed by atoms with Crippen LogP contribution in [0.5, 0.6) is 0 Å². The molecule has 0 bridgehead atoms. The number of amides is 1. The number of carbonyl (C=O) groups excluding carboxylic acids is 1. The van der Waals surface area contributed by atoms with E-state index in [0.717, 1.165) is 25.8 Å². The monoisotopic (exact) mass is 504 g/mol. The molecule has 2 heterocycles. The van der Waals surface area contributed by atoms with E-state index < -0.39 is 9.84 Å². The van der Waals surface area contributed by atoms with Crippen molar-refractivity contribution in [3.8, 4) is 0 Å². The molecule has 4 aromatic rings. The molecule has 178 valence electrons. The lowest BCUT2D eigenvalue weighted by Crippen LogP contribution is -2.43. The number of halogens is 1. The second kappa shape index (κ2) is 8.25. The highest BCUT2D eigenvalue weighted by atomic mass is 35.5. The summed E-state index contributed by atoms with van der Waals surface area (Å²) in [6.07, 6.45) is 3.03. The predicted octanol–water partition coefficient (Wildman–Crippen LogP) is 5.97. The number of aryl methyl sites for hydroxylation is 2. The maximum Gasteiger partial charge on any atom is 0.254 e. The Hall–Kier alpha value is -3.09. The quantitative estimate of drug-likeness (QED) is 0.345. The summed E-state index contributed by atoms with van der Waals surface area (Å²) in [7, 11) is -3.68. The third-order valence-corrected chi connectivity index (χ3v) is 9.36. The van der Waals surface area contributed by atoms with Crippen LogP contribution in [0.2, 0.25) is 5.02 Å². The van der Waals surface area contributed by atoms with E-state index in [9.17, 15) is 13.2 Å². The molecule has 0 radical (unpaired) electrons. The van der Waals surface area contributed by atoms with Crippen LogP contribution < -0.4 is 0 Å². The number of sulfone groups is 1. The lowest BCUT2D eigenvalue weighted by molar-refractivity contribution is 0.0601. The van der Waals surface area contributed by atoms with Gasteiger partial charge in [-0.15, -0.1) is 0 Å². The minimum Gasteiger partial charge on any atom is -0.341 e. The van der Waals surface area contributed by atoms with E-state index in [-0.39, 0.29) is 21.7 Å². The first-order valence-electron chi connectivity index (χ1n) is 11.9. The van der Waals surface area contributed by atoms with Crippen molar-refractivity contribution in [2.75, 3.05) is 6.54 Å². The molecule has 3 aromatic carbocycles. The molecule has 0 fully saturated rings. The zero-order valence-electron chi connectivity index (χ0n) is 19.4. The third-order valence-electron chi connectivity index (χ3n) is 7.33. The molecule has 1 atom stereocenters. The van der Waals surface area contributed by atoms with E-state index in [1.54, 1.807) is 24.3 Å². The molecule has 7 heteroatoms. The average Bonchev–Trinajstić information content (AvgIpc) is 3.18. The van der Waals surface area contributed by atoms with Gasteiger partial charge in [0.1, 0.15) is 0 Å². The Balaban J connectivity index is 1.32. The molecule has 0 spiro atoms. The van der Waals surface area contributed by atoms with Crippen LogP contribution in [0.4, 0.5) is 0 Å². The van der Waals surface area contributed by atoms with Gasteiger partial charge in [0.05, 0.1) is 15.8 Å². The fourth-order valence-corrected chi connectivity index (χ4v) is 7.04. The van der Waals surface area contributed by atoms with Crippen LogP contribution in [-0.4, -0.2) is 30.3 Å². The van der Waals surface area contributed by atoms with Crippen molar-refractivity contribution in [1.29, 1.82) is 0 Å². The molecule has 0 saturated carbocycles. The van der Waals surface area contributed by atoms with E-state index in [0.29, 0.717) is 17.1 Å². The average molecular weight is 505 g/mol. The summed E-state index contributed by atoms with van der Waals surface area (Å²) in [4.78, 5) is 15.9. The van der Waals surface area contributed by atoms with Crippen molar-refractivity contribution in [2.45, 2.75) is 48.6 Å². The lowest BCUT2D eigenvalue weighted by Gasteiger charge is -2.40. The standard InChI is InChI=1S/C28H25ClN2O3S/c1-18-5-14-25-24(17-18)23-3-2-4-26-27(23)30(25)15-16-31(26)28(32)19-6-10-21(11-7-19)35(33,34)22-12-8-20(29)9-13-22/h5-14,17,26H,2-4,15-16H2,1H3/t26-/m0/s1. The Morgan fingerprint density at radius 3 is 2.34 bits per heavy atom. The first kappa shape index (κ1) is 22.4. The highest BCUT2D eigenvalue weighted by Gasteiger charge is 2.37. The fraction of sp³-hybridized carbons (Fsp3) is 0.250. The molecule has 2 aliphatic rings. The van der Waals surface area contributed by atoms with Gasteiger partial charge in [-0.05, 0) is 92.4 Å². The van der Waals surface area contributed by atoms with Crippen molar-refractivity contribution >= 4 is 38.2 Å². The maximum atomic E-state index is 13.6. The van der Waals surface area contributed by atoms with Crippen LogP contribution in [-0.2, 0) is 22.8 Å². The molecule has 6 rings (SSSR count). The number of nitrogens with zero attached hydrogens (tertiary/aromatic N) is 2. The van der Waals surface area contributed by atoms with E-state index in [1.165, 1.54) is 52.0 Å². The first-order valence-corrected chi connectivity index (χ1v) is 13.7. The lowest BCUT2D eigenvalue weighted by atomic mass is 9.89. The summed E-state index contributed by atoms with van der Waals surface area (Å²) in [5.41, 5.74) is 5.67. The molecule has 0 N–H and O–H groups in total. The molecule has 1 amide bonds. The number of hydrogen-bond donors (Lipinski definition) is 0. The van der Waals surface area contributed by atoms with Gasteiger partial charge in [0.15, 0.2) is 0 Å². The molecule has 1 aliphatic heterocycles. The van der Waals surface area contributed by atoms with Crippen LogP contribution in [0.25, 0.3) is 10.9 Å². The highest BCUT2D eigenvalue weighted by Crippen LogP contribution is 2.43. The summed E-state index contributed by atoms with van der Waals surface area (Å²) < 4.78 is 28.4. The van der Waals surface area contributed by atoms with Crippen LogP contribution in [0.3, 0.4) is 0 Å². The van der Waals surface area contributed by atoms with Crippen LogP contribution in [0, 0.1) is 6.92 Å². The Labute approximate surface area is 209 Å². The number of hydrogen-bond acceptors (Lipinski definition) is 3. The Morgan fingerprint density at radius 1 is 0.943 bits per heavy atom. The summed E-state index contributed by atoms with van der Waals surface area (Å²) in [6.45, 7) is 3.52. The SMILES string of the molecule is Cc1ccc2c(c1)c1c3n2CCN(C(=O)c2ccc(S(=O)(=O)c4ccc(Cl)cc4)cc2)[C@H]3CCC1. The van der Waals surface area contributed by atoms with E-state index in [2.05, 4.69) is 29.7 Å². The van der Waals surface area contributed by atoms with Crippen LogP contribution >= 0.6 is 11.6 Å². The van der Waals surface area contributed by atoms with Gasteiger partial charge in [-0.3, -0.25) is 4.79 Å². The summed E-state index contributed by atoms with van der Waals surface area (Å²) in [6, 6.07) is 19.1. The van der Waals surface area contributed by atoms with Crippen molar-refractivity contribution in [1.82, 2.24) is 9.47 Å². The fourth-order valence-electron chi connectivity index (χ4n) is 5.65. The maximum absolute atomic E-state index is 13.6. The Bertz CT molecular complexity index is 1570. The predicted molar refractivity (Wildman–Crippen MR) is 137 cm³/mol. The van der Waals surface area contributed by atoms with Crippen molar-refractivity contribution < 1.29 is 13.2 Å². The molecule has 1 aliphatic carbocycles. The minimum absolute atomic E-state index is 0.0465. The normalized spacial score (nSPS) is 17.4. The van der Waals surface area contributed by atoms with Gasteiger partial charge in [0, 0.05) is 40.3 Å². The van der Waals surface area contributed by atoms with Gasteiger partial charge >= 0.3 is 0 Å². The third kappa shape index (κ3) is 3.58. The van der Waals surface area contributed by atoms with Crippen LogP contribution in [0.1, 0.15) is 46.1 Å². The number of aromatic nitrogens is 1. The van der Waals surface area contributed by atoms with Gasteiger partial charge in [-0.25, -0.2) is 8.42 Å². The van der Waals surface area contributed by atoms with Crippen molar-refractivity contribution in [3.63, 3.8) is 0 Å². The molecule has 0 saturated heterocycles. The number of carbonyl (C=O) groups is 1. The molecule has 0 unspecified atom stereocenters. The van der Waals surface area contributed by atoms with Gasteiger partial charge in [0.25, 0.3) is 5.91 Å². The van der Waals surface area contributed by atoms with Crippen LogP contribution in [0.15, 0.2) is 76.5 Å². The zero-order chi connectivity index (χ0) is 24.3. The Morgan fingerprint density at radius 2 is 1.63 bits per heavy atom. The summed E-state index contributed by atoms with van der Waals surface area (Å²) in [5.74, 6) is -0.0500. The zero-order valence-corrected chi connectivity index (χ0v) is 20.9. The molecule has 1 aromatic heterocycles. The Kier molecular flexibility index (Phi) is 5.27. The van der Waals surface area contributed by atoms with Gasteiger partial charge in [-0.2, -0.15) is 0 Å².